The zero-order valence-electron chi connectivity index (χ0n) is 19.8. The second-order valence-electron chi connectivity index (χ2n) is 8.89. The van der Waals surface area contributed by atoms with Crippen LogP contribution in [0.5, 0.6) is 0 Å². The van der Waals surface area contributed by atoms with Gasteiger partial charge in [-0.1, -0.05) is 54.2 Å². The van der Waals surface area contributed by atoms with E-state index >= 15 is 0 Å². The minimum absolute atomic E-state index is 0.0142. The highest BCUT2D eigenvalue weighted by Gasteiger charge is 2.33. The second-order valence-corrected chi connectivity index (χ2v) is 9.83. The van der Waals surface area contributed by atoms with Crippen LogP contribution in [0.1, 0.15) is 35.8 Å². The molecule has 3 aromatic carbocycles. The molecule has 1 fully saturated rings. The molecule has 1 aliphatic carbocycles. The molecule has 0 aliphatic heterocycles. The Kier molecular flexibility index (Phi) is 7.27. The van der Waals surface area contributed by atoms with Gasteiger partial charge in [0.1, 0.15) is 5.82 Å². The standard InChI is InChI=1S/C27H24FN5O3S/c28-21-10-6-19(7-11-21)17-37-27-31-30-25(32(27)22-12-14-23(15-13-22)33(35)36)24(29-26(34)20-8-9-20)16-18-4-2-1-3-5-18/h1-7,10-15,20,24H,8-9,16-17H2,(H,29,34). The maximum Gasteiger partial charge on any atom is 0.269 e. The highest BCUT2D eigenvalue weighted by molar-refractivity contribution is 7.98. The number of amides is 1. The zero-order chi connectivity index (χ0) is 25.8. The number of nitrogens with zero attached hydrogens (tertiary/aromatic N) is 4. The molecule has 0 spiro atoms. The smallest absolute Gasteiger partial charge is 0.269 e. The Morgan fingerprint density at radius 3 is 2.38 bits per heavy atom. The van der Waals surface area contributed by atoms with Crippen molar-refractivity contribution in [3.63, 3.8) is 0 Å². The van der Waals surface area contributed by atoms with Gasteiger partial charge in [0.2, 0.25) is 5.91 Å². The maximum atomic E-state index is 13.3. The minimum atomic E-state index is -0.460. The fourth-order valence-electron chi connectivity index (χ4n) is 3.99. The molecule has 1 unspecified atom stereocenters. The van der Waals surface area contributed by atoms with E-state index in [4.69, 9.17) is 0 Å². The van der Waals surface area contributed by atoms with Crippen molar-refractivity contribution in [3.8, 4) is 5.69 Å². The zero-order valence-corrected chi connectivity index (χ0v) is 20.6. The lowest BCUT2D eigenvalue weighted by atomic mass is 10.0. The van der Waals surface area contributed by atoms with Crippen molar-refractivity contribution < 1.29 is 14.1 Å². The number of aromatic nitrogens is 3. The van der Waals surface area contributed by atoms with E-state index < -0.39 is 11.0 Å². The third kappa shape index (κ3) is 6.03. The summed E-state index contributed by atoms with van der Waals surface area (Å²) in [5, 5.41) is 23.9. The molecule has 1 N–H and O–H groups in total. The van der Waals surface area contributed by atoms with Crippen LogP contribution in [0.15, 0.2) is 84.0 Å². The average Bonchev–Trinajstić information content (AvgIpc) is 3.68. The van der Waals surface area contributed by atoms with Crippen LogP contribution in [-0.4, -0.2) is 25.6 Å². The first-order chi connectivity index (χ1) is 18.0. The van der Waals surface area contributed by atoms with Crippen molar-refractivity contribution in [1.29, 1.82) is 0 Å². The predicted molar refractivity (Wildman–Crippen MR) is 138 cm³/mol. The monoisotopic (exact) mass is 517 g/mol. The van der Waals surface area contributed by atoms with E-state index in [1.54, 1.807) is 24.3 Å². The summed E-state index contributed by atoms with van der Waals surface area (Å²) in [5.41, 5.74) is 2.56. The number of hydrogen-bond acceptors (Lipinski definition) is 6. The van der Waals surface area contributed by atoms with Crippen LogP contribution in [0, 0.1) is 21.8 Å². The first kappa shape index (κ1) is 24.6. The molecular formula is C27H24FN5O3S. The summed E-state index contributed by atoms with van der Waals surface area (Å²) in [4.78, 5) is 23.6. The van der Waals surface area contributed by atoms with E-state index in [0.29, 0.717) is 28.8 Å². The first-order valence-corrected chi connectivity index (χ1v) is 12.9. The summed E-state index contributed by atoms with van der Waals surface area (Å²) in [6, 6.07) is 21.8. The van der Waals surface area contributed by atoms with E-state index in [2.05, 4.69) is 15.5 Å². The summed E-state index contributed by atoms with van der Waals surface area (Å²) < 4.78 is 15.2. The molecule has 1 atom stereocenters. The van der Waals surface area contributed by atoms with Crippen LogP contribution in [0.3, 0.4) is 0 Å². The van der Waals surface area contributed by atoms with Crippen molar-refractivity contribution >= 4 is 23.4 Å². The number of carbonyl (C=O) groups is 1. The number of hydrogen-bond donors (Lipinski definition) is 1. The van der Waals surface area contributed by atoms with Gasteiger partial charge in [0.05, 0.1) is 11.0 Å². The molecule has 0 bridgehead atoms. The number of rotatable bonds is 10. The fraction of sp³-hybridized carbons (Fsp3) is 0.222. The molecule has 10 heteroatoms. The Hall–Kier alpha value is -4.05. The van der Waals surface area contributed by atoms with E-state index in [9.17, 15) is 19.3 Å². The summed E-state index contributed by atoms with van der Waals surface area (Å²) in [6.45, 7) is 0. The molecule has 1 aliphatic rings. The number of carbonyl (C=O) groups excluding carboxylic acids is 1. The Labute approximate surface area is 217 Å². The highest BCUT2D eigenvalue weighted by atomic mass is 32.2. The number of nitrogens with one attached hydrogen (secondary N) is 1. The van der Waals surface area contributed by atoms with Gasteiger partial charge in [-0.2, -0.15) is 0 Å². The lowest BCUT2D eigenvalue weighted by Gasteiger charge is -2.20. The van der Waals surface area contributed by atoms with Crippen LogP contribution < -0.4 is 5.32 Å². The average molecular weight is 518 g/mol. The number of halogens is 1. The van der Waals surface area contributed by atoms with Crippen LogP contribution in [0.2, 0.25) is 0 Å². The van der Waals surface area contributed by atoms with E-state index in [0.717, 1.165) is 24.0 Å². The Morgan fingerprint density at radius 2 is 1.73 bits per heavy atom. The van der Waals surface area contributed by atoms with Gasteiger partial charge in [-0.25, -0.2) is 4.39 Å². The van der Waals surface area contributed by atoms with Gasteiger partial charge >= 0.3 is 0 Å². The molecule has 1 heterocycles. The maximum absolute atomic E-state index is 13.3. The molecule has 37 heavy (non-hydrogen) atoms. The van der Waals surface area contributed by atoms with Crippen molar-refractivity contribution in [2.45, 2.75) is 36.2 Å². The molecule has 0 saturated heterocycles. The fourth-order valence-corrected chi connectivity index (χ4v) is 4.90. The normalized spacial score (nSPS) is 13.8. The lowest BCUT2D eigenvalue weighted by molar-refractivity contribution is -0.384. The summed E-state index contributed by atoms with van der Waals surface area (Å²) in [6.07, 6.45) is 2.25. The molecule has 8 nitrogen and oxygen atoms in total. The predicted octanol–water partition coefficient (Wildman–Crippen LogP) is 5.42. The van der Waals surface area contributed by atoms with Crippen LogP contribution >= 0.6 is 11.8 Å². The molecular weight excluding hydrogens is 493 g/mol. The third-order valence-electron chi connectivity index (χ3n) is 6.12. The van der Waals surface area contributed by atoms with Crippen molar-refractivity contribution in [2.75, 3.05) is 0 Å². The first-order valence-electron chi connectivity index (χ1n) is 11.9. The van der Waals surface area contributed by atoms with Crippen LogP contribution in [0.4, 0.5) is 10.1 Å². The molecule has 5 rings (SSSR count). The number of thioether (sulfide) groups is 1. The van der Waals surface area contributed by atoms with Gasteiger partial charge in [0.25, 0.3) is 5.69 Å². The molecule has 0 radical (unpaired) electrons. The van der Waals surface area contributed by atoms with Gasteiger partial charge in [0.15, 0.2) is 11.0 Å². The Balaban J connectivity index is 1.52. The Morgan fingerprint density at radius 1 is 1.03 bits per heavy atom. The summed E-state index contributed by atoms with van der Waals surface area (Å²) in [7, 11) is 0. The van der Waals surface area contributed by atoms with Crippen molar-refractivity contribution in [2.24, 2.45) is 5.92 Å². The van der Waals surface area contributed by atoms with Gasteiger partial charge in [-0.05, 0) is 54.7 Å². The number of benzene rings is 3. The van der Waals surface area contributed by atoms with Gasteiger partial charge < -0.3 is 5.32 Å². The Bertz CT molecular complexity index is 1390. The number of nitro benzene ring substituents is 1. The lowest BCUT2D eigenvalue weighted by Crippen LogP contribution is -2.33. The molecule has 1 amide bonds. The molecule has 4 aromatic rings. The highest BCUT2D eigenvalue weighted by Crippen LogP contribution is 2.32. The van der Waals surface area contributed by atoms with Crippen molar-refractivity contribution in [1.82, 2.24) is 20.1 Å². The molecule has 188 valence electrons. The largest absolute Gasteiger partial charge is 0.345 e. The van der Waals surface area contributed by atoms with E-state index in [1.165, 1.54) is 36.0 Å². The SMILES string of the molecule is O=C(NC(Cc1ccccc1)c1nnc(SCc2ccc(F)cc2)n1-c1ccc([N+](=O)[O-])cc1)C1CC1. The topological polar surface area (TPSA) is 103 Å². The number of nitro groups is 1. The van der Waals surface area contributed by atoms with E-state index in [-0.39, 0.29) is 23.3 Å². The minimum Gasteiger partial charge on any atom is -0.345 e. The molecule has 1 aromatic heterocycles. The second kappa shape index (κ2) is 10.9. The summed E-state index contributed by atoms with van der Waals surface area (Å²) in [5.74, 6) is 0.748. The quantitative estimate of drug-likeness (QED) is 0.171. The number of non-ortho nitro benzene ring substituents is 1. The van der Waals surface area contributed by atoms with E-state index in [1.807, 2.05) is 34.9 Å². The summed E-state index contributed by atoms with van der Waals surface area (Å²) >= 11 is 1.41. The van der Waals surface area contributed by atoms with Crippen LogP contribution in [-0.2, 0) is 17.0 Å². The van der Waals surface area contributed by atoms with Crippen molar-refractivity contribution in [3.05, 3.63) is 112 Å². The van der Waals surface area contributed by atoms with Gasteiger partial charge in [-0.3, -0.25) is 19.5 Å². The van der Waals surface area contributed by atoms with Gasteiger partial charge in [-0.15, -0.1) is 10.2 Å². The molecule has 1 saturated carbocycles. The van der Waals surface area contributed by atoms with Crippen LogP contribution in [0.25, 0.3) is 5.69 Å². The van der Waals surface area contributed by atoms with Gasteiger partial charge in [0, 0.05) is 29.5 Å². The third-order valence-corrected chi connectivity index (χ3v) is 7.12.